The van der Waals surface area contributed by atoms with E-state index in [1.807, 2.05) is 6.92 Å². The van der Waals surface area contributed by atoms with Crippen molar-refractivity contribution in [3.05, 3.63) is 0 Å². The third-order valence-corrected chi connectivity index (χ3v) is 2.15. The summed E-state index contributed by atoms with van der Waals surface area (Å²) in [5, 5.41) is 0. The van der Waals surface area contributed by atoms with Gasteiger partial charge in [-0.25, -0.2) is 0 Å². The fourth-order valence-corrected chi connectivity index (χ4v) is 1.28. The summed E-state index contributed by atoms with van der Waals surface area (Å²) in [7, 11) is 0. The monoisotopic (exact) mass is 151 g/mol. The summed E-state index contributed by atoms with van der Waals surface area (Å²) in [6.07, 6.45) is 5.10. The second-order valence-corrected chi connectivity index (χ2v) is 3.08. The second kappa shape index (κ2) is 5.21. The van der Waals surface area contributed by atoms with Crippen molar-refractivity contribution in [2.75, 3.05) is 19.6 Å². The highest BCUT2D eigenvalue weighted by molar-refractivity contribution is 4.94. The van der Waals surface area contributed by atoms with E-state index in [1.165, 1.54) is 38.9 Å². The van der Waals surface area contributed by atoms with Crippen LogP contribution in [-0.4, -0.2) is 24.5 Å². The van der Waals surface area contributed by atoms with E-state index in [-0.39, 0.29) is 0 Å². The van der Waals surface area contributed by atoms with Gasteiger partial charge in [0.15, 0.2) is 0 Å². The molecule has 1 nitrogen and oxygen atoms in total. The molecule has 0 saturated carbocycles. The first-order chi connectivity index (χ1) is 5.43. The SMILES string of the molecule is CC#CCCCCN1CCC1. The number of hydrogen-bond donors (Lipinski definition) is 0. The molecule has 0 N–H and O–H groups in total. The van der Waals surface area contributed by atoms with Gasteiger partial charge in [-0.3, -0.25) is 0 Å². The molecule has 0 atom stereocenters. The van der Waals surface area contributed by atoms with Crippen LogP contribution in [0.4, 0.5) is 0 Å². The highest BCUT2D eigenvalue weighted by Gasteiger charge is 2.11. The zero-order chi connectivity index (χ0) is 7.94. The van der Waals surface area contributed by atoms with Crippen LogP contribution in [0.3, 0.4) is 0 Å². The van der Waals surface area contributed by atoms with Gasteiger partial charge in [-0.1, -0.05) is 0 Å². The Bertz CT molecular complexity index is 148. The summed E-state index contributed by atoms with van der Waals surface area (Å²) in [4.78, 5) is 2.51. The van der Waals surface area contributed by atoms with Crippen LogP contribution < -0.4 is 0 Å². The molecule has 1 heteroatoms. The second-order valence-electron chi connectivity index (χ2n) is 3.08. The standard InChI is InChI=1S/C10H17N/c1-2-3-4-5-6-8-11-9-7-10-11/h4-10H2,1H3. The van der Waals surface area contributed by atoms with Gasteiger partial charge in [-0.2, -0.15) is 0 Å². The van der Waals surface area contributed by atoms with Gasteiger partial charge in [0, 0.05) is 6.42 Å². The van der Waals surface area contributed by atoms with Gasteiger partial charge in [0.1, 0.15) is 0 Å². The van der Waals surface area contributed by atoms with E-state index in [0.29, 0.717) is 0 Å². The summed E-state index contributed by atoms with van der Waals surface area (Å²) in [5.41, 5.74) is 0. The molecule has 0 unspecified atom stereocenters. The molecule has 0 spiro atoms. The molecule has 0 aliphatic carbocycles. The van der Waals surface area contributed by atoms with Crippen molar-refractivity contribution < 1.29 is 0 Å². The minimum atomic E-state index is 1.09. The third-order valence-electron chi connectivity index (χ3n) is 2.15. The van der Waals surface area contributed by atoms with E-state index < -0.39 is 0 Å². The molecule has 0 aromatic carbocycles. The Morgan fingerprint density at radius 3 is 2.64 bits per heavy atom. The Balaban J connectivity index is 1.82. The van der Waals surface area contributed by atoms with Crippen LogP contribution in [0.15, 0.2) is 0 Å². The minimum absolute atomic E-state index is 1.09. The molecule has 0 bridgehead atoms. The van der Waals surface area contributed by atoms with Crippen molar-refractivity contribution in [3.8, 4) is 11.8 Å². The number of likely N-dealkylation sites (tertiary alicyclic amines) is 1. The first-order valence-corrected chi connectivity index (χ1v) is 4.55. The lowest BCUT2D eigenvalue weighted by atomic mass is 10.2. The van der Waals surface area contributed by atoms with Gasteiger partial charge in [-0.15, -0.1) is 11.8 Å². The van der Waals surface area contributed by atoms with Gasteiger partial charge in [0.2, 0.25) is 0 Å². The Labute approximate surface area is 69.8 Å². The Morgan fingerprint density at radius 1 is 1.27 bits per heavy atom. The normalized spacial score (nSPS) is 16.8. The van der Waals surface area contributed by atoms with E-state index in [2.05, 4.69) is 16.7 Å². The molecule has 11 heavy (non-hydrogen) atoms. The van der Waals surface area contributed by atoms with E-state index in [0.717, 1.165) is 6.42 Å². The van der Waals surface area contributed by atoms with Gasteiger partial charge >= 0.3 is 0 Å². The quantitative estimate of drug-likeness (QED) is 0.438. The van der Waals surface area contributed by atoms with Crippen molar-refractivity contribution in [2.24, 2.45) is 0 Å². The molecule has 0 amide bonds. The lowest BCUT2D eigenvalue weighted by Crippen LogP contribution is -2.37. The van der Waals surface area contributed by atoms with E-state index in [4.69, 9.17) is 0 Å². The largest absolute Gasteiger partial charge is 0.303 e. The fraction of sp³-hybridized carbons (Fsp3) is 0.800. The number of unbranched alkanes of at least 4 members (excludes halogenated alkanes) is 2. The summed E-state index contributed by atoms with van der Waals surface area (Å²) < 4.78 is 0. The number of hydrogen-bond acceptors (Lipinski definition) is 1. The molecule has 0 aromatic rings. The predicted octanol–water partition coefficient (Wildman–Crippen LogP) is 1.89. The molecular weight excluding hydrogens is 134 g/mol. The van der Waals surface area contributed by atoms with Crippen molar-refractivity contribution >= 4 is 0 Å². The molecule has 1 fully saturated rings. The van der Waals surface area contributed by atoms with E-state index >= 15 is 0 Å². The molecule has 62 valence electrons. The molecule has 1 saturated heterocycles. The zero-order valence-corrected chi connectivity index (χ0v) is 7.40. The van der Waals surface area contributed by atoms with Gasteiger partial charge in [0.25, 0.3) is 0 Å². The molecule has 0 aromatic heterocycles. The molecule has 1 aliphatic heterocycles. The highest BCUT2D eigenvalue weighted by Crippen LogP contribution is 2.07. The molecule has 1 rings (SSSR count). The first-order valence-electron chi connectivity index (χ1n) is 4.55. The summed E-state index contributed by atoms with van der Waals surface area (Å²) >= 11 is 0. The number of nitrogens with zero attached hydrogens (tertiary/aromatic N) is 1. The van der Waals surface area contributed by atoms with Gasteiger partial charge < -0.3 is 4.90 Å². The average Bonchev–Trinajstić information content (AvgIpc) is 1.93. The third kappa shape index (κ3) is 3.43. The summed E-state index contributed by atoms with van der Waals surface area (Å²) in [6.45, 7) is 5.87. The van der Waals surface area contributed by atoms with Crippen LogP contribution in [-0.2, 0) is 0 Å². The fourth-order valence-electron chi connectivity index (χ4n) is 1.28. The van der Waals surface area contributed by atoms with Crippen LogP contribution in [0.1, 0.15) is 32.6 Å². The topological polar surface area (TPSA) is 3.24 Å². The van der Waals surface area contributed by atoms with E-state index in [9.17, 15) is 0 Å². The number of rotatable bonds is 4. The maximum atomic E-state index is 3.09. The maximum absolute atomic E-state index is 3.09. The van der Waals surface area contributed by atoms with Crippen LogP contribution in [0.2, 0.25) is 0 Å². The van der Waals surface area contributed by atoms with Crippen LogP contribution in [0.25, 0.3) is 0 Å². The van der Waals surface area contributed by atoms with Crippen LogP contribution in [0.5, 0.6) is 0 Å². The average molecular weight is 151 g/mol. The maximum Gasteiger partial charge on any atom is 0.00890 e. The van der Waals surface area contributed by atoms with Crippen molar-refractivity contribution in [1.29, 1.82) is 0 Å². The van der Waals surface area contributed by atoms with Crippen LogP contribution in [0, 0.1) is 11.8 Å². The first kappa shape index (κ1) is 8.62. The van der Waals surface area contributed by atoms with Gasteiger partial charge in [0.05, 0.1) is 0 Å². The Morgan fingerprint density at radius 2 is 2.09 bits per heavy atom. The minimum Gasteiger partial charge on any atom is -0.303 e. The lowest BCUT2D eigenvalue weighted by molar-refractivity contribution is 0.178. The van der Waals surface area contributed by atoms with Gasteiger partial charge in [-0.05, 0) is 45.8 Å². The predicted molar refractivity (Wildman–Crippen MR) is 48.4 cm³/mol. The lowest BCUT2D eigenvalue weighted by Gasteiger charge is -2.30. The Hall–Kier alpha value is -0.480. The Kier molecular flexibility index (Phi) is 4.08. The highest BCUT2D eigenvalue weighted by atomic mass is 15.2. The van der Waals surface area contributed by atoms with Crippen molar-refractivity contribution in [1.82, 2.24) is 4.90 Å². The van der Waals surface area contributed by atoms with Crippen molar-refractivity contribution in [3.63, 3.8) is 0 Å². The van der Waals surface area contributed by atoms with Crippen LogP contribution >= 0.6 is 0 Å². The molecule has 0 radical (unpaired) electrons. The zero-order valence-electron chi connectivity index (χ0n) is 7.40. The smallest absolute Gasteiger partial charge is 0.00890 e. The summed E-state index contributed by atoms with van der Waals surface area (Å²) in [5.74, 6) is 6.01. The van der Waals surface area contributed by atoms with E-state index in [1.54, 1.807) is 0 Å². The molecule has 1 aliphatic rings. The summed E-state index contributed by atoms with van der Waals surface area (Å²) in [6, 6.07) is 0. The molecule has 1 heterocycles. The molecular formula is C10H17N. The van der Waals surface area contributed by atoms with Crippen molar-refractivity contribution in [2.45, 2.75) is 32.6 Å².